The molecule has 0 radical (unpaired) electrons. The zero-order chi connectivity index (χ0) is 13.8. The third-order valence-electron chi connectivity index (χ3n) is 2.83. The first-order chi connectivity index (χ1) is 8.40. The Hall–Kier alpha value is -0.0900. The van der Waals surface area contributed by atoms with Crippen LogP contribution in [0.15, 0.2) is 12.1 Å². The fourth-order valence-electron chi connectivity index (χ4n) is 2.10. The lowest BCUT2D eigenvalue weighted by atomic mass is 9.84. The molecule has 1 rings (SSSR count). The number of hydrogen-bond donors (Lipinski definition) is 1. The molecule has 4 heteroatoms. The van der Waals surface area contributed by atoms with E-state index in [1.54, 1.807) is 11.3 Å². The van der Waals surface area contributed by atoms with Crippen molar-refractivity contribution >= 4 is 22.9 Å². The summed E-state index contributed by atoms with van der Waals surface area (Å²) in [5.41, 5.74) is 0.0827. The summed E-state index contributed by atoms with van der Waals surface area (Å²) in [5.74, 6) is 0. The molecule has 0 aromatic carbocycles. The van der Waals surface area contributed by atoms with Gasteiger partial charge < -0.3 is 10.1 Å². The highest BCUT2D eigenvalue weighted by Crippen LogP contribution is 2.36. The molecule has 1 heterocycles. The third kappa shape index (κ3) is 4.23. The first kappa shape index (κ1) is 16.0. The van der Waals surface area contributed by atoms with Crippen LogP contribution in [0.25, 0.3) is 0 Å². The summed E-state index contributed by atoms with van der Waals surface area (Å²) in [6.07, 6.45) is 0.136. The molecule has 0 bridgehead atoms. The van der Waals surface area contributed by atoms with Gasteiger partial charge in [-0.05, 0) is 31.0 Å². The van der Waals surface area contributed by atoms with Gasteiger partial charge in [0.05, 0.1) is 16.5 Å². The van der Waals surface area contributed by atoms with Crippen molar-refractivity contribution in [1.82, 2.24) is 5.32 Å². The molecule has 0 aliphatic heterocycles. The van der Waals surface area contributed by atoms with Gasteiger partial charge in [-0.25, -0.2) is 0 Å². The van der Waals surface area contributed by atoms with E-state index in [9.17, 15) is 0 Å². The molecule has 0 fully saturated rings. The van der Waals surface area contributed by atoms with Crippen LogP contribution in [0.4, 0.5) is 0 Å². The predicted molar refractivity (Wildman–Crippen MR) is 80.6 cm³/mol. The topological polar surface area (TPSA) is 21.3 Å². The summed E-state index contributed by atoms with van der Waals surface area (Å²) in [4.78, 5) is 1.25. The van der Waals surface area contributed by atoms with Crippen molar-refractivity contribution in [3.8, 4) is 0 Å². The van der Waals surface area contributed by atoms with Gasteiger partial charge in [-0.3, -0.25) is 0 Å². The lowest BCUT2D eigenvalue weighted by Crippen LogP contribution is -2.41. The molecule has 0 aliphatic carbocycles. The zero-order valence-corrected chi connectivity index (χ0v) is 13.5. The SMILES string of the molecule is CCNC(c1ccc(Cl)s1)C(OCC)C(C)(C)C. The van der Waals surface area contributed by atoms with Gasteiger partial charge in [0.25, 0.3) is 0 Å². The first-order valence-corrected chi connectivity index (χ1v) is 7.69. The van der Waals surface area contributed by atoms with E-state index in [1.807, 2.05) is 13.0 Å². The molecule has 1 aromatic heterocycles. The van der Waals surface area contributed by atoms with E-state index in [-0.39, 0.29) is 17.6 Å². The molecular formula is C14H24ClNOS. The molecule has 0 aliphatic rings. The minimum absolute atomic E-state index is 0.0827. The fourth-order valence-corrected chi connectivity index (χ4v) is 3.26. The van der Waals surface area contributed by atoms with Gasteiger partial charge in [-0.1, -0.05) is 39.3 Å². The Kier molecular flexibility index (Phi) is 6.12. The van der Waals surface area contributed by atoms with E-state index in [1.165, 1.54) is 4.88 Å². The van der Waals surface area contributed by atoms with Crippen molar-refractivity contribution in [3.05, 3.63) is 21.3 Å². The van der Waals surface area contributed by atoms with Crippen molar-refractivity contribution < 1.29 is 4.74 Å². The summed E-state index contributed by atoms with van der Waals surface area (Å²) in [6.45, 7) is 12.5. The van der Waals surface area contributed by atoms with Gasteiger partial charge in [-0.2, -0.15) is 0 Å². The van der Waals surface area contributed by atoms with Crippen LogP contribution < -0.4 is 5.32 Å². The number of rotatable bonds is 6. The van der Waals surface area contributed by atoms with Crippen molar-refractivity contribution in [2.45, 2.75) is 46.8 Å². The van der Waals surface area contributed by atoms with Crippen LogP contribution in [0.2, 0.25) is 4.34 Å². The van der Waals surface area contributed by atoms with Crippen LogP contribution in [0, 0.1) is 5.41 Å². The van der Waals surface area contributed by atoms with Crippen molar-refractivity contribution in [2.24, 2.45) is 5.41 Å². The van der Waals surface area contributed by atoms with Crippen molar-refractivity contribution in [3.63, 3.8) is 0 Å². The summed E-state index contributed by atoms with van der Waals surface area (Å²) in [6, 6.07) is 4.25. The second-order valence-electron chi connectivity index (χ2n) is 5.42. The molecule has 0 amide bonds. The van der Waals surface area contributed by atoms with Crippen LogP contribution in [0.5, 0.6) is 0 Å². The maximum atomic E-state index is 6.05. The normalized spacial score (nSPS) is 15.7. The zero-order valence-electron chi connectivity index (χ0n) is 11.9. The van der Waals surface area contributed by atoms with E-state index >= 15 is 0 Å². The second-order valence-corrected chi connectivity index (χ2v) is 7.17. The summed E-state index contributed by atoms with van der Waals surface area (Å²) >= 11 is 7.68. The Balaban J connectivity index is 3.00. The molecule has 104 valence electrons. The number of nitrogens with one attached hydrogen (secondary N) is 1. The number of ether oxygens (including phenoxy) is 1. The standard InChI is InChI=1S/C14H24ClNOS/c1-6-16-12(10-8-9-11(15)18-10)13(17-7-2)14(3,4)5/h8-9,12-13,16H,6-7H2,1-5H3. The Labute approximate surface area is 120 Å². The van der Waals surface area contributed by atoms with Crippen LogP contribution in [0.1, 0.15) is 45.5 Å². The van der Waals surface area contributed by atoms with Gasteiger partial charge in [0.1, 0.15) is 0 Å². The van der Waals surface area contributed by atoms with Crippen molar-refractivity contribution in [2.75, 3.05) is 13.2 Å². The number of halogens is 1. The summed E-state index contributed by atoms with van der Waals surface area (Å²) < 4.78 is 6.82. The molecule has 0 spiro atoms. The van der Waals surface area contributed by atoms with Gasteiger partial charge >= 0.3 is 0 Å². The smallest absolute Gasteiger partial charge is 0.0931 e. The highest BCUT2D eigenvalue weighted by molar-refractivity contribution is 7.16. The summed E-state index contributed by atoms with van der Waals surface area (Å²) in [5, 5.41) is 3.53. The second kappa shape index (κ2) is 6.90. The minimum Gasteiger partial charge on any atom is -0.376 e. The molecule has 2 nitrogen and oxygen atoms in total. The third-order valence-corrected chi connectivity index (χ3v) is 4.14. The maximum absolute atomic E-state index is 6.05. The highest BCUT2D eigenvalue weighted by Gasteiger charge is 2.34. The fraction of sp³-hybridized carbons (Fsp3) is 0.714. The Morgan fingerprint density at radius 3 is 2.39 bits per heavy atom. The van der Waals surface area contributed by atoms with Gasteiger partial charge in [0.15, 0.2) is 0 Å². The van der Waals surface area contributed by atoms with Gasteiger partial charge in [-0.15, -0.1) is 11.3 Å². The number of thiophene rings is 1. The molecule has 2 atom stereocenters. The van der Waals surface area contributed by atoms with Crippen LogP contribution >= 0.6 is 22.9 Å². The van der Waals surface area contributed by atoms with E-state index in [0.29, 0.717) is 0 Å². The maximum Gasteiger partial charge on any atom is 0.0931 e. The minimum atomic E-state index is 0.0827. The predicted octanol–water partition coefficient (Wildman–Crippen LogP) is 4.50. The van der Waals surface area contributed by atoms with E-state index in [0.717, 1.165) is 17.5 Å². The molecule has 1 N–H and O–H groups in total. The number of likely N-dealkylation sites (N-methyl/N-ethyl adjacent to an activating group) is 1. The average molecular weight is 290 g/mol. The molecule has 0 saturated heterocycles. The Morgan fingerprint density at radius 1 is 1.33 bits per heavy atom. The Bertz CT molecular complexity index is 359. The quantitative estimate of drug-likeness (QED) is 0.832. The Morgan fingerprint density at radius 2 is 2.00 bits per heavy atom. The molecule has 0 saturated carbocycles. The van der Waals surface area contributed by atoms with Crippen molar-refractivity contribution in [1.29, 1.82) is 0 Å². The molecule has 18 heavy (non-hydrogen) atoms. The average Bonchev–Trinajstić information content (AvgIpc) is 2.68. The highest BCUT2D eigenvalue weighted by atomic mass is 35.5. The van der Waals surface area contributed by atoms with Crippen LogP contribution in [0.3, 0.4) is 0 Å². The van der Waals surface area contributed by atoms with E-state index in [4.69, 9.17) is 16.3 Å². The molecule has 2 unspecified atom stereocenters. The lowest BCUT2D eigenvalue weighted by Gasteiger charge is -2.36. The van der Waals surface area contributed by atoms with Gasteiger partial charge in [0, 0.05) is 11.5 Å². The van der Waals surface area contributed by atoms with Gasteiger partial charge in [0.2, 0.25) is 0 Å². The molecular weight excluding hydrogens is 266 g/mol. The molecule has 1 aromatic rings. The van der Waals surface area contributed by atoms with Crippen LogP contribution in [-0.2, 0) is 4.74 Å². The first-order valence-electron chi connectivity index (χ1n) is 6.50. The van der Waals surface area contributed by atoms with Crippen LogP contribution in [-0.4, -0.2) is 19.3 Å². The number of hydrogen-bond acceptors (Lipinski definition) is 3. The summed E-state index contributed by atoms with van der Waals surface area (Å²) in [7, 11) is 0. The monoisotopic (exact) mass is 289 g/mol. The lowest BCUT2D eigenvalue weighted by molar-refractivity contribution is -0.0355. The van der Waals surface area contributed by atoms with E-state index in [2.05, 4.69) is 39.1 Å². The van der Waals surface area contributed by atoms with E-state index < -0.39 is 0 Å². The largest absolute Gasteiger partial charge is 0.376 e.